The van der Waals surface area contributed by atoms with Crippen LogP contribution < -0.4 is 4.74 Å². The Morgan fingerprint density at radius 1 is 1.43 bits per heavy atom. The molecule has 0 radical (unpaired) electrons. The Morgan fingerprint density at radius 3 is 2.57 bits per heavy atom. The summed E-state index contributed by atoms with van der Waals surface area (Å²) in [5, 5.41) is 17.2. The molecule has 1 unspecified atom stereocenters. The van der Waals surface area contributed by atoms with Gasteiger partial charge in [-0.25, -0.2) is 0 Å². The monoisotopic (exact) mass is 191 g/mol. The van der Waals surface area contributed by atoms with Gasteiger partial charge >= 0.3 is 0 Å². The van der Waals surface area contributed by atoms with Crippen molar-refractivity contribution < 1.29 is 9.84 Å². The lowest BCUT2D eigenvalue weighted by Crippen LogP contribution is -2.10. The van der Waals surface area contributed by atoms with Crippen molar-refractivity contribution in [2.45, 2.75) is 26.1 Å². The number of aliphatic hydroxyl groups excluding tert-OH is 1. The third kappa shape index (κ3) is 3.08. The maximum atomic E-state index is 8.81. The quantitative estimate of drug-likeness (QED) is 0.790. The second-order valence-corrected chi connectivity index (χ2v) is 3.09. The van der Waals surface area contributed by atoms with E-state index in [1.807, 2.05) is 13.0 Å². The minimum atomic E-state index is -0.0972. The second kappa shape index (κ2) is 5.25. The van der Waals surface area contributed by atoms with E-state index in [0.717, 1.165) is 11.3 Å². The first-order chi connectivity index (χ1) is 6.76. The van der Waals surface area contributed by atoms with Crippen molar-refractivity contribution in [1.82, 2.24) is 0 Å². The molecule has 0 heterocycles. The van der Waals surface area contributed by atoms with Crippen LogP contribution in [0.1, 0.15) is 18.9 Å². The molecule has 1 N–H and O–H groups in total. The van der Waals surface area contributed by atoms with Crippen LogP contribution in [0.4, 0.5) is 0 Å². The highest BCUT2D eigenvalue weighted by molar-refractivity contribution is 5.27. The molecule has 3 heteroatoms. The molecule has 0 aliphatic rings. The largest absolute Gasteiger partial charge is 0.490 e. The fraction of sp³-hybridized carbons (Fsp3) is 0.364. The van der Waals surface area contributed by atoms with Gasteiger partial charge in [0.05, 0.1) is 19.1 Å². The van der Waals surface area contributed by atoms with E-state index in [0.29, 0.717) is 6.42 Å². The summed E-state index contributed by atoms with van der Waals surface area (Å²) >= 11 is 0. The van der Waals surface area contributed by atoms with Crippen molar-refractivity contribution in [2.24, 2.45) is 0 Å². The lowest BCUT2D eigenvalue weighted by Gasteiger charge is -2.11. The molecule has 74 valence electrons. The normalized spacial score (nSPS) is 11.8. The molecule has 0 bridgehead atoms. The highest BCUT2D eigenvalue weighted by atomic mass is 16.5. The predicted molar refractivity (Wildman–Crippen MR) is 52.7 cm³/mol. The van der Waals surface area contributed by atoms with E-state index in [4.69, 9.17) is 15.1 Å². The molecule has 1 aromatic carbocycles. The number of nitriles is 1. The summed E-state index contributed by atoms with van der Waals surface area (Å²) in [6, 6.07) is 9.23. The summed E-state index contributed by atoms with van der Waals surface area (Å²) in [6.07, 6.45) is 0.279. The van der Waals surface area contributed by atoms with E-state index < -0.39 is 0 Å². The van der Waals surface area contributed by atoms with Gasteiger partial charge in [0, 0.05) is 0 Å². The Hall–Kier alpha value is -1.53. The van der Waals surface area contributed by atoms with Crippen LogP contribution in [0.3, 0.4) is 0 Å². The molecule has 0 aliphatic carbocycles. The third-order valence-electron chi connectivity index (χ3n) is 1.82. The van der Waals surface area contributed by atoms with Crippen LogP contribution in [0.5, 0.6) is 5.75 Å². The topological polar surface area (TPSA) is 53.2 Å². The highest BCUT2D eigenvalue weighted by Gasteiger charge is 2.02. The van der Waals surface area contributed by atoms with Gasteiger partial charge < -0.3 is 9.84 Å². The number of hydrogen-bond acceptors (Lipinski definition) is 3. The first-order valence-electron chi connectivity index (χ1n) is 4.49. The van der Waals surface area contributed by atoms with Crippen molar-refractivity contribution in [2.75, 3.05) is 0 Å². The van der Waals surface area contributed by atoms with E-state index in [1.54, 1.807) is 24.3 Å². The molecule has 3 nitrogen and oxygen atoms in total. The molecule has 0 aliphatic heterocycles. The lowest BCUT2D eigenvalue weighted by atomic mass is 10.2. The lowest BCUT2D eigenvalue weighted by molar-refractivity contribution is 0.227. The molecular weight excluding hydrogens is 178 g/mol. The van der Waals surface area contributed by atoms with Crippen LogP contribution in [0.25, 0.3) is 0 Å². The average molecular weight is 191 g/mol. The van der Waals surface area contributed by atoms with E-state index in [9.17, 15) is 0 Å². The fourth-order valence-electron chi connectivity index (χ4n) is 1.08. The van der Waals surface area contributed by atoms with Gasteiger partial charge in [-0.05, 0) is 24.6 Å². The predicted octanol–water partition coefficient (Wildman–Crippen LogP) is 1.86. The summed E-state index contributed by atoms with van der Waals surface area (Å²) in [5.41, 5.74) is 0.852. The zero-order valence-electron chi connectivity index (χ0n) is 8.10. The molecule has 14 heavy (non-hydrogen) atoms. The highest BCUT2D eigenvalue weighted by Crippen LogP contribution is 2.14. The summed E-state index contributed by atoms with van der Waals surface area (Å²) < 4.78 is 5.45. The zero-order chi connectivity index (χ0) is 10.4. The Kier molecular flexibility index (Phi) is 3.96. The summed E-state index contributed by atoms with van der Waals surface area (Å²) in [6.45, 7) is 1.89. The molecule has 1 rings (SSSR count). The summed E-state index contributed by atoms with van der Waals surface area (Å²) in [4.78, 5) is 0. The van der Waals surface area contributed by atoms with Gasteiger partial charge in [-0.2, -0.15) is 5.26 Å². The van der Waals surface area contributed by atoms with E-state index in [2.05, 4.69) is 0 Å². The number of rotatable bonds is 4. The van der Waals surface area contributed by atoms with Crippen LogP contribution in [-0.4, -0.2) is 11.2 Å². The molecule has 1 atom stereocenters. The van der Waals surface area contributed by atoms with Crippen LogP contribution in [0.15, 0.2) is 24.3 Å². The molecule has 0 saturated heterocycles. The van der Waals surface area contributed by atoms with Crippen molar-refractivity contribution in [3.63, 3.8) is 0 Å². The molecule has 0 fully saturated rings. The third-order valence-corrected chi connectivity index (χ3v) is 1.82. The summed E-state index contributed by atoms with van der Waals surface area (Å²) in [7, 11) is 0. The first-order valence-corrected chi connectivity index (χ1v) is 4.49. The molecule has 0 amide bonds. The molecule has 0 aromatic heterocycles. The number of hydrogen-bond donors (Lipinski definition) is 1. The second-order valence-electron chi connectivity index (χ2n) is 3.09. The molecule has 0 spiro atoms. The molecular formula is C11H13NO2. The fourth-order valence-corrected chi connectivity index (χ4v) is 1.08. The first kappa shape index (κ1) is 10.6. The van der Waals surface area contributed by atoms with E-state index >= 15 is 0 Å². The Morgan fingerprint density at radius 2 is 2.07 bits per heavy atom. The Bertz CT molecular complexity index is 313. The van der Waals surface area contributed by atoms with Crippen LogP contribution in [0.2, 0.25) is 0 Å². The minimum absolute atomic E-state index is 0.0357. The maximum Gasteiger partial charge on any atom is 0.119 e. The van der Waals surface area contributed by atoms with Crippen molar-refractivity contribution in [1.29, 1.82) is 5.26 Å². The van der Waals surface area contributed by atoms with Gasteiger partial charge in [0.25, 0.3) is 0 Å². The van der Waals surface area contributed by atoms with Gasteiger partial charge in [-0.3, -0.25) is 0 Å². The maximum absolute atomic E-state index is 8.81. The minimum Gasteiger partial charge on any atom is -0.490 e. The molecule has 0 saturated carbocycles. The van der Waals surface area contributed by atoms with E-state index in [-0.39, 0.29) is 12.7 Å². The number of aliphatic hydroxyl groups is 1. The van der Waals surface area contributed by atoms with Gasteiger partial charge in [0.2, 0.25) is 0 Å². The number of benzene rings is 1. The van der Waals surface area contributed by atoms with Crippen molar-refractivity contribution in [3.05, 3.63) is 29.8 Å². The number of nitrogens with zero attached hydrogens (tertiary/aromatic N) is 1. The van der Waals surface area contributed by atoms with Crippen LogP contribution in [0, 0.1) is 11.3 Å². The van der Waals surface area contributed by atoms with Gasteiger partial charge in [0.15, 0.2) is 0 Å². The van der Waals surface area contributed by atoms with Gasteiger partial charge in [0.1, 0.15) is 11.9 Å². The standard InChI is InChI=1S/C11H13NO2/c1-9(6-7-12)14-11-4-2-10(8-13)3-5-11/h2-5,9,13H,6,8H2,1H3. The summed E-state index contributed by atoms with van der Waals surface area (Å²) in [5.74, 6) is 0.727. The molecule has 1 aromatic rings. The van der Waals surface area contributed by atoms with Crippen LogP contribution in [-0.2, 0) is 6.61 Å². The number of ether oxygens (including phenoxy) is 1. The smallest absolute Gasteiger partial charge is 0.119 e. The average Bonchev–Trinajstić information content (AvgIpc) is 2.19. The van der Waals surface area contributed by atoms with Gasteiger partial charge in [-0.1, -0.05) is 12.1 Å². The zero-order valence-corrected chi connectivity index (χ0v) is 8.10. The van der Waals surface area contributed by atoms with Crippen molar-refractivity contribution in [3.8, 4) is 11.8 Å². The Labute approximate surface area is 83.6 Å². The SMILES string of the molecule is CC(CC#N)Oc1ccc(CO)cc1. The Balaban J connectivity index is 2.56. The van der Waals surface area contributed by atoms with E-state index in [1.165, 1.54) is 0 Å². The van der Waals surface area contributed by atoms with Crippen molar-refractivity contribution >= 4 is 0 Å². The van der Waals surface area contributed by atoms with Crippen LogP contribution >= 0.6 is 0 Å². The van der Waals surface area contributed by atoms with Gasteiger partial charge in [-0.15, -0.1) is 0 Å².